The summed E-state index contributed by atoms with van der Waals surface area (Å²) in [5.74, 6) is -1.29. The maximum atomic E-state index is 11.8. The summed E-state index contributed by atoms with van der Waals surface area (Å²) < 4.78 is 18.9. The molecule has 0 aliphatic heterocycles. The number of benzene rings is 1. The number of rotatable bonds is 7. The minimum Gasteiger partial charge on any atom is -0.480 e. The average molecular weight is 450 g/mol. The van der Waals surface area contributed by atoms with Gasteiger partial charge in [-0.1, -0.05) is 18.2 Å². The summed E-state index contributed by atoms with van der Waals surface area (Å²) in [6, 6.07) is 2.29. The maximum absolute atomic E-state index is 11.8. The quantitative estimate of drug-likeness (QED) is 0.267. The van der Waals surface area contributed by atoms with E-state index >= 15 is 0 Å². The number of nitrogens with two attached hydrogens (primary N) is 1. The Morgan fingerprint density at radius 1 is 1.08 bits per heavy atom. The molecule has 0 aliphatic carbocycles. The zero-order valence-electron chi connectivity index (χ0n) is 13.7. The Hall–Kier alpha value is -0.470. The van der Waals surface area contributed by atoms with Gasteiger partial charge in [-0.2, -0.15) is 0 Å². The second-order valence-electron chi connectivity index (χ2n) is 6.02. The van der Waals surface area contributed by atoms with Gasteiger partial charge < -0.3 is 30.4 Å². The standard InChI is InChI=1S/C13H19Cl2NO8P2/c1-12(14,25(19,20)21)8-4-3-7(6-10(16)11(17)18)5-9(8)13(2,15)26(22,23)24/h3-5,10H,6,16H2,1-2H3,(H,17,18)(H2,19,20,21)(H2,22,23,24)/t10-,12?,13?/m0/s1. The van der Waals surface area contributed by atoms with Crippen molar-refractivity contribution in [3.63, 3.8) is 0 Å². The molecule has 148 valence electrons. The monoisotopic (exact) mass is 449 g/mol. The summed E-state index contributed by atoms with van der Waals surface area (Å²) >= 11 is 12.1. The van der Waals surface area contributed by atoms with E-state index in [-0.39, 0.29) is 23.1 Å². The molecule has 0 bridgehead atoms. The molecule has 0 spiro atoms. The van der Waals surface area contributed by atoms with E-state index in [2.05, 4.69) is 0 Å². The molecule has 0 saturated heterocycles. The van der Waals surface area contributed by atoms with Gasteiger partial charge in [-0.25, -0.2) is 0 Å². The van der Waals surface area contributed by atoms with Crippen molar-refractivity contribution >= 4 is 44.4 Å². The van der Waals surface area contributed by atoms with Gasteiger partial charge in [0.2, 0.25) is 0 Å². The summed E-state index contributed by atoms with van der Waals surface area (Å²) in [4.78, 5) is 49.1. The van der Waals surface area contributed by atoms with Crippen LogP contribution in [-0.2, 0) is 29.6 Å². The highest BCUT2D eigenvalue weighted by atomic mass is 35.5. The van der Waals surface area contributed by atoms with Gasteiger partial charge in [0.15, 0.2) is 9.23 Å². The third kappa shape index (κ3) is 4.68. The number of alkyl halides is 2. The van der Waals surface area contributed by atoms with Gasteiger partial charge in [0, 0.05) is 0 Å². The Morgan fingerprint density at radius 3 is 1.88 bits per heavy atom. The molecule has 13 heteroatoms. The maximum Gasteiger partial charge on any atom is 0.350 e. The molecule has 26 heavy (non-hydrogen) atoms. The predicted octanol–water partition coefficient (Wildman–Crippen LogP) is 1.82. The first-order chi connectivity index (χ1) is 11.4. The van der Waals surface area contributed by atoms with Crippen LogP contribution in [0.5, 0.6) is 0 Å². The Morgan fingerprint density at radius 2 is 1.50 bits per heavy atom. The van der Waals surface area contributed by atoms with Crippen molar-refractivity contribution in [3.05, 3.63) is 34.9 Å². The zero-order chi connectivity index (χ0) is 20.7. The van der Waals surface area contributed by atoms with Crippen LogP contribution in [0, 0.1) is 0 Å². The van der Waals surface area contributed by atoms with Crippen molar-refractivity contribution in [2.75, 3.05) is 0 Å². The Labute approximate surface area is 159 Å². The lowest BCUT2D eigenvalue weighted by Crippen LogP contribution is -2.32. The lowest BCUT2D eigenvalue weighted by atomic mass is 9.96. The molecule has 3 atom stereocenters. The summed E-state index contributed by atoms with van der Waals surface area (Å²) in [6.45, 7) is 1.96. The van der Waals surface area contributed by atoms with E-state index in [9.17, 15) is 33.5 Å². The molecular weight excluding hydrogens is 431 g/mol. The molecule has 0 radical (unpaired) electrons. The smallest absolute Gasteiger partial charge is 0.350 e. The molecule has 2 unspecified atom stereocenters. The van der Waals surface area contributed by atoms with Crippen molar-refractivity contribution in [3.8, 4) is 0 Å². The van der Waals surface area contributed by atoms with Crippen LogP contribution in [0.15, 0.2) is 18.2 Å². The second-order valence-corrected chi connectivity index (χ2v) is 12.0. The van der Waals surface area contributed by atoms with E-state index in [1.807, 2.05) is 0 Å². The predicted molar refractivity (Wildman–Crippen MR) is 96.3 cm³/mol. The van der Waals surface area contributed by atoms with Gasteiger partial charge in [0.05, 0.1) is 0 Å². The molecule has 0 aliphatic rings. The van der Waals surface area contributed by atoms with Crippen molar-refractivity contribution in [2.45, 2.75) is 35.5 Å². The van der Waals surface area contributed by atoms with Crippen LogP contribution in [0.1, 0.15) is 30.5 Å². The van der Waals surface area contributed by atoms with E-state index in [0.717, 1.165) is 26.0 Å². The number of aliphatic carboxylic acids is 1. The Balaban J connectivity index is 3.71. The summed E-state index contributed by atoms with van der Waals surface area (Å²) in [6.07, 6.45) is -0.203. The summed E-state index contributed by atoms with van der Waals surface area (Å²) in [7, 11) is -9.97. The minimum absolute atomic E-state index is 0.203. The zero-order valence-corrected chi connectivity index (χ0v) is 17.0. The number of carboxylic acids is 1. The highest BCUT2D eigenvalue weighted by Crippen LogP contribution is 2.65. The van der Waals surface area contributed by atoms with E-state index in [1.54, 1.807) is 0 Å². The minimum atomic E-state index is -5.01. The second kappa shape index (κ2) is 7.51. The van der Waals surface area contributed by atoms with Crippen molar-refractivity contribution < 1.29 is 38.6 Å². The molecule has 0 heterocycles. The van der Waals surface area contributed by atoms with Crippen LogP contribution in [0.25, 0.3) is 0 Å². The van der Waals surface area contributed by atoms with Crippen LogP contribution < -0.4 is 5.73 Å². The molecule has 0 amide bonds. The highest BCUT2D eigenvalue weighted by molar-refractivity contribution is 7.55. The van der Waals surface area contributed by atoms with Gasteiger partial charge in [0.1, 0.15) is 6.04 Å². The first-order valence-electron chi connectivity index (χ1n) is 7.04. The van der Waals surface area contributed by atoms with Crippen LogP contribution in [0.3, 0.4) is 0 Å². The fourth-order valence-electron chi connectivity index (χ4n) is 2.15. The van der Waals surface area contributed by atoms with Gasteiger partial charge in [-0.15, -0.1) is 23.2 Å². The molecule has 1 aromatic rings. The molecule has 0 fully saturated rings. The molecule has 9 nitrogen and oxygen atoms in total. The van der Waals surface area contributed by atoms with Crippen molar-refractivity contribution in [1.29, 1.82) is 0 Å². The van der Waals surface area contributed by atoms with Gasteiger partial charge >= 0.3 is 21.2 Å². The lowest BCUT2D eigenvalue weighted by Gasteiger charge is -2.32. The number of hydrogen-bond acceptors (Lipinski definition) is 4. The fraction of sp³-hybridized carbons (Fsp3) is 0.462. The van der Waals surface area contributed by atoms with Gasteiger partial charge in [-0.3, -0.25) is 13.9 Å². The Bertz CT molecular complexity index is 801. The molecule has 1 aromatic carbocycles. The average Bonchev–Trinajstić information content (AvgIpc) is 2.44. The largest absolute Gasteiger partial charge is 0.480 e. The SMILES string of the molecule is CC(Cl)(c1ccc(C[C@H](N)C(=O)O)cc1C(C)(Cl)P(=O)(O)O)P(=O)(O)O. The van der Waals surface area contributed by atoms with E-state index in [1.165, 1.54) is 6.07 Å². The number of carboxylic acid groups (broad SMARTS) is 1. The van der Waals surface area contributed by atoms with E-state index < -0.39 is 36.4 Å². The van der Waals surface area contributed by atoms with Crippen LogP contribution in [0.4, 0.5) is 0 Å². The number of hydrogen-bond donors (Lipinski definition) is 6. The van der Waals surface area contributed by atoms with Gasteiger partial charge in [0.25, 0.3) is 0 Å². The summed E-state index contributed by atoms with van der Waals surface area (Å²) in [5.41, 5.74) is 5.08. The van der Waals surface area contributed by atoms with E-state index in [4.69, 9.17) is 34.0 Å². The number of carbonyl (C=O) groups is 1. The summed E-state index contributed by atoms with van der Waals surface area (Å²) in [5, 5.41) is 8.89. The molecule has 7 N–H and O–H groups in total. The first-order valence-corrected chi connectivity index (χ1v) is 11.0. The normalized spacial score (nSPS) is 18.7. The molecule has 0 aromatic heterocycles. The lowest BCUT2D eigenvalue weighted by molar-refractivity contribution is -0.138. The third-order valence-corrected chi connectivity index (χ3v) is 8.33. The van der Waals surface area contributed by atoms with Gasteiger partial charge in [-0.05, 0) is 37.0 Å². The molecular formula is C13H19Cl2NO8P2. The van der Waals surface area contributed by atoms with Crippen molar-refractivity contribution in [2.24, 2.45) is 5.73 Å². The Kier molecular flexibility index (Phi) is 6.81. The molecule has 0 saturated carbocycles. The van der Waals surface area contributed by atoms with E-state index in [0.29, 0.717) is 0 Å². The van der Waals surface area contributed by atoms with Crippen LogP contribution in [-0.4, -0.2) is 36.7 Å². The first kappa shape index (κ1) is 23.6. The van der Waals surface area contributed by atoms with Crippen LogP contribution in [0.2, 0.25) is 0 Å². The number of halogens is 2. The van der Waals surface area contributed by atoms with Crippen LogP contribution >= 0.6 is 38.4 Å². The van der Waals surface area contributed by atoms with Crippen molar-refractivity contribution in [1.82, 2.24) is 0 Å². The highest BCUT2D eigenvalue weighted by Gasteiger charge is 2.50. The third-order valence-electron chi connectivity index (χ3n) is 3.93. The molecule has 1 rings (SSSR count). The topological polar surface area (TPSA) is 178 Å². The fourth-order valence-corrected chi connectivity index (χ4v) is 3.48.